The minimum Gasteiger partial charge on any atom is -0.469 e. The summed E-state index contributed by atoms with van der Waals surface area (Å²) in [5.41, 5.74) is 0.267. The van der Waals surface area contributed by atoms with Crippen LogP contribution in [0.2, 0.25) is 11.8 Å². The highest BCUT2D eigenvalue weighted by Gasteiger charge is 2.54. The van der Waals surface area contributed by atoms with Crippen molar-refractivity contribution in [2.24, 2.45) is 0 Å². The maximum atomic E-state index is 15.4. The van der Waals surface area contributed by atoms with Crippen LogP contribution in [0.15, 0.2) is 24.4 Å². The maximum Gasteiger partial charge on any atom is 0.377 e. The Hall–Kier alpha value is -2.01. The minimum absolute atomic E-state index is 0.0466. The molecule has 0 aliphatic carbocycles. The number of piperidine rings is 2. The third-order valence-electron chi connectivity index (χ3n) is 6.29. The number of halogens is 2. The fourth-order valence-electron chi connectivity index (χ4n) is 5.03. The van der Waals surface area contributed by atoms with Gasteiger partial charge in [0.05, 0.1) is 11.8 Å². The summed E-state index contributed by atoms with van der Waals surface area (Å²) in [4.78, 5) is 6.23. The zero-order valence-electron chi connectivity index (χ0n) is 18.4. The van der Waals surface area contributed by atoms with Gasteiger partial charge >= 0.3 is 7.05 Å². The molecule has 1 aromatic heterocycles. The van der Waals surface area contributed by atoms with E-state index in [2.05, 4.69) is 22.1 Å². The molecule has 1 unspecified atom stereocenters. The van der Waals surface area contributed by atoms with Crippen molar-refractivity contribution in [2.45, 2.75) is 63.3 Å². The van der Waals surface area contributed by atoms with Gasteiger partial charge in [-0.3, -0.25) is 0 Å². The average Bonchev–Trinajstić information content (AvgIpc) is 2.76. The van der Waals surface area contributed by atoms with Crippen LogP contribution in [0.4, 0.5) is 4.39 Å². The smallest absolute Gasteiger partial charge is 0.377 e. The molecule has 0 saturated carbocycles. The molecule has 3 heterocycles. The Morgan fingerprint density at radius 2 is 2.19 bits per heavy atom. The highest BCUT2D eigenvalue weighted by molar-refractivity contribution is 6.45. The molecule has 1 N–H and O–H groups in total. The van der Waals surface area contributed by atoms with Crippen molar-refractivity contribution >= 4 is 18.7 Å². The van der Waals surface area contributed by atoms with Crippen LogP contribution < -0.4 is 9.47 Å². The first-order valence-corrected chi connectivity index (χ1v) is 11.1. The average molecular weight is 465 g/mol. The Labute approximate surface area is 192 Å². The molecule has 11 heteroatoms. The number of fused-ring (bicyclic) bond motifs is 2. The number of nitrogens with zero attached hydrogens (tertiary/aromatic N) is 4. The second-order valence-electron chi connectivity index (χ2n) is 8.61. The molecule has 2 fully saturated rings. The lowest BCUT2D eigenvalue weighted by atomic mass is 9.65. The first kappa shape index (κ1) is 23.2. The maximum absolute atomic E-state index is 15.4. The minimum atomic E-state index is -1.25. The summed E-state index contributed by atoms with van der Waals surface area (Å²) in [6.07, 6.45) is 2.45. The van der Waals surface area contributed by atoms with Crippen molar-refractivity contribution in [2.75, 3.05) is 13.9 Å². The number of methoxy groups -OCH3 is 1. The molecule has 4 atom stereocenters. The van der Waals surface area contributed by atoms with E-state index in [9.17, 15) is 5.02 Å². The van der Waals surface area contributed by atoms with Crippen LogP contribution in [0.25, 0.3) is 11.4 Å². The number of alkyl halides is 1. The number of hydrogen-bond acceptors (Lipinski definition) is 8. The molecule has 2 saturated heterocycles. The third-order valence-corrected chi connectivity index (χ3v) is 6.53. The van der Waals surface area contributed by atoms with Gasteiger partial charge in [0.15, 0.2) is 18.8 Å². The molecule has 2 aliphatic heterocycles. The molecule has 1 aromatic carbocycles. The van der Waals surface area contributed by atoms with E-state index < -0.39 is 19.3 Å². The zero-order chi connectivity index (χ0) is 22.9. The molecular formula is C21H27BClFN4O4. The van der Waals surface area contributed by atoms with E-state index in [0.29, 0.717) is 35.0 Å². The molecular weight excluding hydrogens is 438 g/mol. The molecule has 32 heavy (non-hydrogen) atoms. The van der Waals surface area contributed by atoms with Crippen LogP contribution in [-0.4, -0.2) is 69.8 Å². The normalized spacial score (nSPS) is 27.8. The predicted molar refractivity (Wildman–Crippen MR) is 118 cm³/mol. The van der Waals surface area contributed by atoms with Gasteiger partial charge in [-0.1, -0.05) is 18.0 Å². The molecule has 8 nitrogen and oxygen atoms in total. The third kappa shape index (κ3) is 4.55. The second kappa shape index (κ2) is 9.47. The van der Waals surface area contributed by atoms with E-state index >= 15 is 4.39 Å². The van der Waals surface area contributed by atoms with Crippen molar-refractivity contribution < 1.29 is 23.6 Å². The number of rotatable bonds is 7. The SMILES string of the molecule is COCOc1cc(Cl)ccc1-c1ncc(O[C@H]2C[C@]3(C)CCCC([C@H]2F)N3B(C)O)nn1. The summed E-state index contributed by atoms with van der Waals surface area (Å²) in [6, 6.07) is 4.69. The molecule has 0 amide bonds. The first-order chi connectivity index (χ1) is 15.3. The molecule has 2 bridgehead atoms. The van der Waals surface area contributed by atoms with Crippen LogP contribution in [0.3, 0.4) is 0 Å². The summed E-state index contributed by atoms with van der Waals surface area (Å²) < 4.78 is 31.8. The predicted octanol–water partition coefficient (Wildman–Crippen LogP) is 3.39. The van der Waals surface area contributed by atoms with Crippen molar-refractivity contribution in [3.05, 3.63) is 29.4 Å². The van der Waals surface area contributed by atoms with E-state index in [1.807, 2.05) is 4.81 Å². The Morgan fingerprint density at radius 3 is 2.88 bits per heavy atom. The zero-order valence-corrected chi connectivity index (χ0v) is 19.1. The number of ether oxygens (including phenoxy) is 3. The molecule has 2 aliphatic rings. The summed E-state index contributed by atoms with van der Waals surface area (Å²) in [6.45, 7) is 3.80. The fraction of sp³-hybridized carbons (Fsp3) is 0.571. The van der Waals surface area contributed by atoms with Crippen molar-refractivity contribution in [1.82, 2.24) is 20.0 Å². The lowest BCUT2D eigenvalue weighted by molar-refractivity contribution is -0.0839. The Kier molecular flexibility index (Phi) is 6.85. The Balaban J connectivity index is 1.51. The van der Waals surface area contributed by atoms with Gasteiger partial charge in [-0.05, 0) is 44.8 Å². The van der Waals surface area contributed by atoms with Gasteiger partial charge in [0.2, 0.25) is 0 Å². The van der Waals surface area contributed by atoms with E-state index in [4.69, 9.17) is 25.8 Å². The number of aromatic nitrogens is 3. The molecule has 4 rings (SSSR count). The molecule has 172 valence electrons. The molecule has 2 aromatic rings. The van der Waals surface area contributed by atoms with Crippen molar-refractivity contribution in [1.29, 1.82) is 0 Å². The summed E-state index contributed by atoms with van der Waals surface area (Å²) in [5.74, 6) is 0.941. The summed E-state index contributed by atoms with van der Waals surface area (Å²) >= 11 is 6.06. The van der Waals surface area contributed by atoms with Gasteiger partial charge in [-0.25, -0.2) is 9.37 Å². The van der Waals surface area contributed by atoms with Crippen molar-refractivity contribution in [3.63, 3.8) is 0 Å². The largest absolute Gasteiger partial charge is 0.469 e. The van der Waals surface area contributed by atoms with Crippen LogP contribution in [-0.2, 0) is 4.74 Å². The number of hydrogen-bond donors (Lipinski definition) is 1. The van der Waals surface area contributed by atoms with Gasteiger partial charge in [-0.15, -0.1) is 10.2 Å². The van der Waals surface area contributed by atoms with Gasteiger partial charge in [0, 0.05) is 30.1 Å². The Morgan fingerprint density at radius 1 is 1.38 bits per heavy atom. The van der Waals surface area contributed by atoms with Crippen LogP contribution in [0.1, 0.15) is 32.6 Å². The fourth-order valence-corrected chi connectivity index (χ4v) is 5.19. The van der Waals surface area contributed by atoms with Gasteiger partial charge < -0.3 is 24.0 Å². The van der Waals surface area contributed by atoms with E-state index in [1.165, 1.54) is 13.3 Å². The number of benzene rings is 1. The molecule has 0 spiro atoms. The highest BCUT2D eigenvalue weighted by atomic mass is 35.5. The quantitative estimate of drug-likeness (QED) is 0.493. The molecule has 0 radical (unpaired) electrons. The van der Waals surface area contributed by atoms with Gasteiger partial charge in [-0.2, -0.15) is 0 Å². The summed E-state index contributed by atoms with van der Waals surface area (Å²) in [7, 11) is 0.812. The summed E-state index contributed by atoms with van der Waals surface area (Å²) in [5, 5.41) is 19.0. The lowest BCUT2D eigenvalue weighted by Gasteiger charge is -2.57. The lowest BCUT2D eigenvalue weighted by Crippen LogP contribution is -2.70. The second-order valence-corrected chi connectivity index (χ2v) is 9.05. The monoisotopic (exact) mass is 464 g/mol. The van der Waals surface area contributed by atoms with Crippen molar-refractivity contribution in [3.8, 4) is 23.0 Å². The first-order valence-electron chi connectivity index (χ1n) is 10.7. The van der Waals surface area contributed by atoms with Gasteiger partial charge in [0.25, 0.3) is 5.88 Å². The van der Waals surface area contributed by atoms with Crippen LogP contribution >= 0.6 is 11.6 Å². The Bertz CT molecular complexity index is 941. The van der Waals surface area contributed by atoms with E-state index in [0.717, 1.165) is 12.8 Å². The van der Waals surface area contributed by atoms with Gasteiger partial charge in [0.1, 0.15) is 11.9 Å². The standard InChI is InChI=1S/C21H27BClFN4O4/c1-21-8-4-5-15(28(21)22(2)29)19(24)17(10-21)32-18-11-25-20(27-26-18)14-7-6-13(23)9-16(14)31-12-30-3/h6-7,9,11,15,17,19,29H,4-5,8,10,12H2,1-3H3/t15?,17-,19+,21-/m0/s1. The highest BCUT2D eigenvalue weighted by Crippen LogP contribution is 2.44. The van der Waals surface area contributed by atoms with Crippen LogP contribution in [0.5, 0.6) is 11.6 Å². The van der Waals surface area contributed by atoms with E-state index in [-0.39, 0.29) is 24.3 Å². The van der Waals surface area contributed by atoms with Crippen LogP contribution in [0, 0.1) is 0 Å². The van der Waals surface area contributed by atoms with E-state index in [1.54, 1.807) is 25.0 Å². The topological polar surface area (TPSA) is 89.8 Å².